The Balaban J connectivity index is 2.57. The topological polar surface area (TPSA) is 246 Å². The number of hydrogen-bond acceptors (Lipinski definition) is 9. The Morgan fingerprint density at radius 2 is 1.74 bits per heavy atom. The van der Waals surface area contributed by atoms with E-state index in [1.54, 1.807) is 6.20 Å². The highest BCUT2D eigenvalue weighted by Gasteiger charge is 2.24. The van der Waals surface area contributed by atoms with E-state index in [1.807, 2.05) is 0 Å². The van der Waals surface area contributed by atoms with Gasteiger partial charge in [-0.25, -0.2) is 4.98 Å². The van der Waals surface area contributed by atoms with Gasteiger partial charge < -0.3 is 42.2 Å². The number of carboxylic acid groups (broad SMARTS) is 1. The number of imidazole rings is 1. The summed E-state index contributed by atoms with van der Waals surface area (Å²) in [5, 5.41) is 27.1. The molecule has 15 heteroatoms. The molecule has 0 fully saturated rings. The number of aliphatic hydroxyl groups is 1. The minimum atomic E-state index is -1.32. The average molecular weight is 482 g/mol. The van der Waals surface area contributed by atoms with Gasteiger partial charge >= 0.3 is 5.97 Å². The molecule has 9 N–H and O–H groups in total. The van der Waals surface area contributed by atoms with Gasteiger partial charge in [0.05, 0.1) is 37.3 Å². The van der Waals surface area contributed by atoms with Gasteiger partial charge in [-0.1, -0.05) is 0 Å². The number of carboxylic acids is 1. The van der Waals surface area contributed by atoms with Crippen molar-refractivity contribution in [1.29, 1.82) is 0 Å². The minimum absolute atomic E-state index is 0.125. The number of carbonyl (C=O) groups is 5. The Kier molecular flexibility index (Phi) is 11.9. The summed E-state index contributed by atoms with van der Waals surface area (Å²) >= 11 is 0. The van der Waals surface area contributed by atoms with Crippen LogP contribution in [0, 0.1) is 0 Å². The number of aliphatic carboxylic acids is 1. The van der Waals surface area contributed by atoms with E-state index in [1.165, 1.54) is 19.5 Å². The molecule has 4 amide bonds. The molecule has 0 aliphatic rings. The summed E-state index contributed by atoms with van der Waals surface area (Å²) in [4.78, 5) is 76.6. The fourth-order valence-electron chi connectivity index (χ4n) is 2.56. The molecule has 0 bridgehead atoms. The normalized spacial score (nSPS) is 14.1. The van der Waals surface area contributed by atoms with Crippen molar-refractivity contribution >= 4 is 35.9 Å². The Morgan fingerprint density at radius 3 is 2.26 bits per heavy atom. The van der Waals surface area contributed by atoms with Gasteiger partial charge in [0, 0.05) is 19.0 Å². The summed E-state index contributed by atoms with van der Waals surface area (Å²) in [5.41, 5.74) is 6.30. The number of aromatic nitrogens is 2. The first-order valence-corrected chi connectivity index (χ1v) is 10.2. The number of aliphatic hydroxyl groups excluding tert-OH is 1. The molecule has 1 radical (unpaired) electrons. The van der Waals surface area contributed by atoms with Crippen LogP contribution in [-0.4, -0.2) is 93.4 Å². The molecule has 1 heterocycles. The van der Waals surface area contributed by atoms with Crippen LogP contribution in [0.1, 0.15) is 25.5 Å². The monoisotopic (exact) mass is 482 g/mol. The van der Waals surface area contributed by atoms with E-state index >= 15 is 0 Å². The Morgan fingerprint density at radius 1 is 1.12 bits per heavy atom. The molecule has 0 saturated carbocycles. The standard InChI is InChI=1S/C19H28N7O8/c1-10(28)14(8-27)26-16(30)7-23-19(34)13(2-3-17(31)32)25-15(29)6-22-18(33)12(20)4-11-5-21-9-24-11/h5,9-10,12-14,28H,2-4,6-7,20H2,1H3,(H,21,24)(H,22,33)(H,23,34)(H,25,29)(H,26,30)(H,31,32)/t10-,12+,13+,14-/m1/s1. The van der Waals surface area contributed by atoms with Gasteiger partial charge in [0.1, 0.15) is 12.1 Å². The van der Waals surface area contributed by atoms with Crippen LogP contribution >= 0.6 is 0 Å². The molecule has 0 aliphatic carbocycles. The van der Waals surface area contributed by atoms with Crippen LogP contribution in [0.25, 0.3) is 0 Å². The second kappa shape index (κ2) is 14.3. The number of hydrogen-bond donors (Lipinski definition) is 8. The number of H-pyrrole nitrogens is 1. The van der Waals surface area contributed by atoms with Gasteiger partial charge in [-0.3, -0.25) is 28.8 Å². The maximum absolute atomic E-state index is 12.4. The van der Waals surface area contributed by atoms with E-state index in [4.69, 9.17) is 10.8 Å². The number of carbonyl (C=O) groups excluding carboxylic acids is 5. The van der Waals surface area contributed by atoms with Crippen LogP contribution in [-0.2, 0) is 35.2 Å². The van der Waals surface area contributed by atoms with E-state index < -0.39 is 73.3 Å². The third-order valence-electron chi connectivity index (χ3n) is 4.39. The van der Waals surface area contributed by atoms with Crippen LogP contribution in [0.15, 0.2) is 12.5 Å². The zero-order valence-electron chi connectivity index (χ0n) is 18.4. The van der Waals surface area contributed by atoms with Crippen LogP contribution < -0.4 is 27.0 Å². The van der Waals surface area contributed by atoms with Crippen molar-refractivity contribution in [3.8, 4) is 0 Å². The molecule has 0 unspecified atom stereocenters. The second-order valence-electron chi connectivity index (χ2n) is 7.26. The van der Waals surface area contributed by atoms with E-state index in [0.29, 0.717) is 5.69 Å². The summed E-state index contributed by atoms with van der Waals surface area (Å²) in [7, 11) is 0. The minimum Gasteiger partial charge on any atom is -0.481 e. The molecule has 1 aromatic heterocycles. The van der Waals surface area contributed by atoms with Crippen molar-refractivity contribution < 1.29 is 39.0 Å². The molecule has 1 rings (SSSR count). The van der Waals surface area contributed by atoms with Crippen molar-refractivity contribution in [2.24, 2.45) is 5.73 Å². The molecule has 0 aliphatic heterocycles. The highest BCUT2D eigenvalue weighted by atomic mass is 16.4. The van der Waals surface area contributed by atoms with E-state index in [9.17, 15) is 33.9 Å². The van der Waals surface area contributed by atoms with Gasteiger partial charge in [0.15, 0.2) is 0 Å². The average Bonchev–Trinajstić information content (AvgIpc) is 3.29. The van der Waals surface area contributed by atoms with E-state index in [0.717, 1.165) is 0 Å². The number of nitrogens with zero attached hydrogens (tertiary/aromatic N) is 1. The lowest BCUT2D eigenvalue weighted by Crippen LogP contribution is -2.53. The van der Waals surface area contributed by atoms with E-state index in [-0.39, 0.29) is 12.8 Å². The quantitative estimate of drug-likeness (QED) is 0.120. The molecule has 4 atom stereocenters. The van der Waals surface area contributed by atoms with Gasteiger partial charge in [0.2, 0.25) is 29.9 Å². The molecular weight excluding hydrogens is 454 g/mol. The van der Waals surface area contributed by atoms with Gasteiger partial charge in [-0.15, -0.1) is 0 Å². The molecule has 0 aromatic carbocycles. The summed E-state index contributed by atoms with van der Waals surface area (Å²) in [6, 6.07) is -3.60. The molecule has 15 nitrogen and oxygen atoms in total. The lowest BCUT2D eigenvalue weighted by atomic mass is 10.1. The van der Waals surface area contributed by atoms with Crippen molar-refractivity contribution in [1.82, 2.24) is 31.2 Å². The first kappa shape index (κ1) is 28.2. The third kappa shape index (κ3) is 10.6. The third-order valence-corrected chi connectivity index (χ3v) is 4.39. The summed E-state index contributed by atoms with van der Waals surface area (Å²) in [5.74, 6) is -4.33. The second-order valence-corrected chi connectivity index (χ2v) is 7.26. The van der Waals surface area contributed by atoms with Crippen molar-refractivity contribution in [3.63, 3.8) is 0 Å². The fourth-order valence-corrected chi connectivity index (χ4v) is 2.56. The van der Waals surface area contributed by atoms with Crippen molar-refractivity contribution in [3.05, 3.63) is 18.2 Å². The number of amides is 4. The highest BCUT2D eigenvalue weighted by molar-refractivity contribution is 5.93. The van der Waals surface area contributed by atoms with Gasteiger partial charge in [-0.05, 0) is 13.3 Å². The molecule has 187 valence electrons. The maximum atomic E-state index is 12.4. The largest absolute Gasteiger partial charge is 0.481 e. The van der Waals surface area contributed by atoms with Crippen LogP contribution in [0.5, 0.6) is 0 Å². The summed E-state index contributed by atoms with van der Waals surface area (Å²) in [6.07, 6.45) is 2.58. The highest BCUT2D eigenvalue weighted by Crippen LogP contribution is 1.99. The van der Waals surface area contributed by atoms with Crippen LogP contribution in [0.3, 0.4) is 0 Å². The number of nitrogens with one attached hydrogen (secondary N) is 5. The molecular formula is C19H28N7O8. The number of aromatic amines is 1. The van der Waals surface area contributed by atoms with Crippen LogP contribution in [0.4, 0.5) is 0 Å². The first-order chi connectivity index (χ1) is 16.0. The van der Waals surface area contributed by atoms with Gasteiger partial charge in [-0.2, -0.15) is 0 Å². The first-order valence-electron chi connectivity index (χ1n) is 10.2. The van der Waals surface area contributed by atoms with Crippen LogP contribution in [0.2, 0.25) is 0 Å². The number of rotatable bonds is 15. The maximum Gasteiger partial charge on any atom is 0.303 e. The zero-order valence-corrected chi connectivity index (χ0v) is 18.4. The lowest BCUT2D eigenvalue weighted by Gasteiger charge is -2.19. The Hall–Kier alpha value is -3.85. The molecule has 1 aromatic rings. The Bertz CT molecular complexity index is 859. The van der Waals surface area contributed by atoms with E-state index in [2.05, 4.69) is 31.2 Å². The fraction of sp³-hybridized carbons (Fsp3) is 0.526. The molecule has 0 spiro atoms. The predicted octanol–water partition coefficient (Wildman–Crippen LogP) is -4.16. The summed E-state index contributed by atoms with van der Waals surface area (Å²) in [6.45, 7) is 0.117. The molecule has 34 heavy (non-hydrogen) atoms. The van der Waals surface area contributed by atoms with Crippen molar-refractivity contribution in [2.75, 3.05) is 13.1 Å². The summed E-state index contributed by atoms with van der Waals surface area (Å²) < 4.78 is 0. The Labute approximate surface area is 194 Å². The number of nitrogens with two attached hydrogens (primary N) is 1. The zero-order chi connectivity index (χ0) is 25.7. The SMILES string of the molecule is C[C@@H](O)[C@@H]([C]=O)NC(=O)CNC(=O)[C@H](CCC(=O)O)NC(=O)CNC(=O)[C@@H](N)Cc1c[nH]cn1. The van der Waals surface area contributed by atoms with Crippen molar-refractivity contribution in [2.45, 2.75) is 50.4 Å². The smallest absolute Gasteiger partial charge is 0.303 e. The predicted molar refractivity (Wildman–Crippen MR) is 114 cm³/mol. The lowest BCUT2D eigenvalue weighted by molar-refractivity contribution is -0.138. The molecule has 0 saturated heterocycles. The van der Waals surface area contributed by atoms with Gasteiger partial charge in [0.25, 0.3) is 0 Å².